The van der Waals surface area contributed by atoms with Gasteiger partial charge in [-0.05, 0) is 25.1 Å². The normalized spacial score (nSPS) is 10.6. The SMILES string of the molecule is Cc1cc(Sc2cccc(N)c2[N+](=O)[O-])n(C)n1. The molecule has 0 saturated carbocycles. The van der Waals surface area contributed by atoms with E-state index in [4.69, 9.17) is 5.73 Å². The van der Waals surface area contributed by atoms with Crippen molar-refractivity contribution in [1.29, 1.82) is 0 Å². The van der Waals surface area contributed by atoms with Crippen LogP contribution in [0.25, 0.3) is 0 Å². The topological polar surface area (TPSA) is 87.0 Å². The lowest BCUT2D eigenvalue weighted by Gasteiger charge is -2.04. The summed E-state index contributed by atoms with van der Waals surface area (Å²) in [6.07, 6.45) is 0. The van der Waals surface area contributed by atoms with Gasteiger partial charge in [-0.1, -0.05) is 17.8 Å². The predicted molar refractivity (Wildman–Crippen MR) is 69.6 cm³/mol. The van der Waals surface area contributed by atoms with Gasteiger partial charge >= 0.3 is 5.69 Å². The van der Waals surface area contributed by atoms with Crippen LogP contribution in [-0.2, 0) is 7.05 Å². The minimum atomic E-state index is -0.457. The number of nitro benzene ring substituents is 1. The molecule has 7 heteroatoms. The van der Waals surface area contributed by atoms with Crippen LogP contribution in [0.2, 0.25) is 0 Å². The number of nitrogen functional groups attached to an aromatic ring is 1. The van der Waals surface area contributed by atoms with E-state index in [1.165, 1.54) is 17.8 Å². The van der Waals surface area contributed by atoms with E-state index in [1.54, 1.807) is 23.9 Å². The van der Waals surface area contributed by atoms with Gasteiger partial charge in [0.1, 0.15) is 5.69 Å². The fraction of sp³-hybridized carbons (Fsp3) is 0.182. The molecule has 94 valence electrons. The summed E-state index contributed by atoms with van der Waals surface area (Å²) in [5.74, 6) is 0. The fourth-order valence-corrected chi connectivity index (χ4v) is 2.68. The molecule has 6 nitrogen and oxygen atoms in total. The van der Waals surface area contributed by atoms with Crippen LogP contribution in [0.1, 0.15) is 5.69 Å². The van der Waals surface area contributed by atoms with E-state index in [0.29, 0.717) is 4.90 Å². The van der Waals surface area contributed by atoms with E-state index in [0.717, 1.165) is 10.7 Å². The van der Waals surface area contributed by atoms with Gasteiger partial charge in [-0.25, -0.2) is 0 Å². The van der Waals surface area contributed by atoms with Gasteiger partial charge in [-0.3, -0.25) is 14.8 Å². The molecular weight excluding hydrogens is 252 g/mol. The second kappa shape index (κ2) is 4.69. The number of anilines is 1. The average Bonchev–Trinajstić information content (AvgIpc) is 2.57. The molecule has 0 aliphatic carbocycles. The number of nitrogens with zero attached hydrogens (tertiary/aromatic N) is 3. The second-order valence-electron chi connectivity index (χ2n) is 3.80. The Morgan fingerprint density at radius 3 is 2.78 bits per heavy atom. The zero-order valence-electron chi connectivity index (χ0n) is 9.95. The van der Waals surface area contributed by atoms with Gasteiger partial charge < -0.3 is 5.73 Å². The molecule has 0 amide bonds. The Hall–Kier alpha value is -2.02. The Morgan fingerprint density at radius 2 is 2.22 bits per heavy atom. The Kier molecular flexibility index (Phi) is 3.24. The van der Waals surface area contributed by atoms with E-state index in [9.17, 15) is 10.1 Å². The number of benzene rings is 1. The van der Waals surface area contributed by atoms with Gasteiger partial charge in [-0.2, -0.15) is 5.10 Å². The highest BCUT2D eigenvalue weighted by Crippen LogP contribution is 2.37. The molecule has 1 heterocycles. The number of aryl methyl sites for hydroxylation is 2. The summed E-state index contributed by atoms with van der Waals surface area (Å²) < 4.78 is 1.69. The van der Waals surface area contributed by atoms with Crippen molar-refractivity contribution in [2.75, 3.05) is 5.73 Å². The maximum atomic E-state index is 11.0. The summed E-state index contributed by atoms with van der Waals surface area (Å²) in [6.45, 7) is 1.87. The summed E-state index contributed by atoms with van der Waals surface area (Å²) in [7, 11) is 1.80. The van der Waals surface area contributed by atoms with Crippen molar-refractivity contribution in [1.82, 2.24) is 9.78 Å². The Balaban J connectivity index is 2.43. The monoisotopic (exact) mass is 264 g/mol. The third kappa shape index (κ3) is 2.30. The highest BCUT2D eigenvalue weighted by atomic mass is 32.2. The van der Waals surface area contributed by atoms with Crippen molar-refractivity contribution in [2.24, 2.45) is 7.05 Å². The molecule has 0 aliphatic rings. The van der Waals surface area contributed by atoms with Crippen LogP contribution < -0.4 is 5.73 Å². The first-order valence-electron chi connectivity index (χ1n) is 5.20. The fourth-order valence-electron chi connectivity index (χ4n) is 1.61. The molecule has 2 aromatic rings. The van der Waals surface area contributed by atoms with Gasteiger partial charge in [0, 0.05) is 7.05 Å². The van der Waals surface area contributed by atoms with Crippen LogP contribution >= 0.6 is 11.8 Å². The maximum absolute atomic E-state index is 11.0. The molecule has 1 aromatic carbocycles. The van der Waals surface area contributed by atoms with Crippen LogP contribution in [0.3, 0.4) is 0 Å². The lowest BCUT2D eigenvalue weighted by Crippen LogP contribution is -1.98. The summed E-state index contributed by atoms with van der Waals surface area (Å²) in [4.78, 5) is 11.1. The largest absolute Gasteiger partial charge is 0.393 e. The van der Waals surface area contributed by atoms with Crippen LogP contribution in [-0.4, -0.2) is 14.7 Å². The zero-order valence-corrected chi connectivity index (χ0v) is 10.8. The van der Waals surface area contributed by atoms with Crippen molar-refractivity contribution in [3.8, 4) is 0 Å². The first kappa shape index (κ1) is 12.4. The molecule has 0 saturated heterocycles. The molecule has 0 fully saturated rings. The first-order chi connectivity index (χ1) is 8.49. The lowest BCUT2D eigenvalue weighted by molar-refractivity contribution is -0.386. The van der Waals surface area contributed by atoms with E-state index in [2.05, 4.69) is 5.10 Å². The quantitative estimate of drug-likeness (QED) is 0.522. The third-order valence-electron chi connectivity index (χ3n) is 2.39. The van der Waals surface area contributed by atoms with Gasteiger partial charge in [0.25, 0.3) is 0 Å². The molecule has 0 aliphatic heterocycles. The predicted octanol–water partition coefficient (Wildman–Crippen LogP) is 2.37. The molecular formula is C11H12N4O2S. The Bertz CT molecular complexity index is 609. The average molecular weight is 264 g/mol. The number of rotatable bonds is 3. The van der Waals surface area contributed by atoms with Crippen molar-refractivity contribution >= 4 is 23.1 Å². The molecule has 0 radical (unpaired) electrons. The van der Waals surface area contributed by atoms with Gasteiger partial charge in [-0.15, -0.1) is 0 Å². The molecule has 0 atom stereocenters. The summed E-state index contributed by atoms with van der Waals surface area (Å²) >= 11 is 1.28. The van der Waals surface area contributed by atoms with E-state index in [-0.39, 0.29) is 11.4 Å². The minimum absolute atomic E-state index is 0.0543. The van der Waals surface area contributed by atoms with Gasteiger partial charge in [0.2, 0.25) is 0 Å². The molecule has 0 unspecified atom stereocenters. The molecule has 2 N–H and O–H groups in total. The summed E-state index contributed by atoms with van der Waals surface area (Å²) in [5.41, 5.74) is 6.62. The molecule has 2 rings (SSSR count). The first-order valence-corrected chi connectivity index (χ1v) is 6.02. The van der Waals surface area contributed by atoms with Gasteiger partial charge in [0.15, 0.2) is 0 Å². The Labute approximate surface area is 108 Å². The number of aromatic nitrogens is 2. The minimum Gasteiger partial charge on any atom is -0.393 e. The van der Waals surface area contributed by atoms with Gasteiger partial charge in [0.05, 0.1) is 20.5 Å². The van der Waals surface area contributed by atoms with Crippen molar-refractivity contribution in [3.63, 3.8) is 0 Å². The molecule has 1 aromatic heterocycles. The van der Waals surface area contributed by atoms with Crippen molar-refractivity contribution in [3.05, 3.63) is 40.1 Å². The number of hydrogen-bond acceptors (Lipinski definition) is 5. The van der Waals surface area contributed by atoms with Crippen LogP contribution in [0.15, 0.2) is 34.2 Å². The highest BCUT2D eigenvalue weighted by Gasteiger charge is 2.19. The third-order valence-corrected chi connectivity index (χ3v) is 3.53. The molecule has 0 spiro atoms. The highest BCUT2D eigenvalue weighted by molar-refractivity contribution is 7.99. The van der Waals surface area contributed by atoms with Crippen molar-refractivity contribution < 1.29 is 4.92 Å². The second-order valence-corrected chi connectivity index (χ2v) is 4.86. The number of nitrogens with two attached hydrogens (primary N) is 1. The molecule has 18 heavy (non-hydrogen) atoms. The lowest BCUT2D eigenvalue weighted by atomic mass is 10.3. The number of hydrogen-bond donors (Lipinski definition) is 1. The molecule has 0 bridgehead atoms. The van der Waals surface area contributed by atoms with E-state index in [1.807, 2.05) is 13.0 Å². The van der Waals surface area contributed by atoms with Crippen molar-refractivity contribution in [2.45, 2.75) is 16.8 Å². The van der Waals surface area contributed by atoms with E-state index < -0.39 is 4.92 Å². The summed E-state index contributed by atoms with van der Waals surface area (Å²) in [5, 5.41) is 16.0. The maximum Gasteiger partial charge on any atom is 0.305 e. The standard InChI is InChI=1S/C11H12N4O2S/c1-7-6-10(14(2)13-7)18-9-5-3-4-8(12)11(9)15(16)17/h3-6H,12H2,1-2H3. The van der Waals surface area contributed by atoms with E-state index >= 15 is 0 Å². The number of nitro groups is 1. The summed E-state index contributed by atoms with van der Waals surface area (Å²) in [6, 6.07) is 6.78. The van der Waals surface area contributed by atoms with Crippen LogP contribution in [0.5, 0.6) is 0 Å². The van der Waals surface area contributed by atoms with Crippen LogP contribution in [0.4, 0.5) is 11.4 Å². The zero-order chi connectivity index (χ0) is 13.3. The van der Waals surface area contributed by atoms with Crippen LogP contribution in [0, 0.1) is 17.0 Å². The smallest absolute Gasteiger partial charge is 0.305 e. The Morgan fingerprint density at radius 1 is 1.50 bits per heavy atom. The number of para-hydroxylation sites is 1.